The number of nitriles is 2. The van der Waals surface area contributed by atoms with Crippen LogP contribution in [0.5, 0.6) is 11.5 Å². The first-order valence-corrected chi connectivity index (χ1v) is 8.23. The van der Waals surface area contributed by atoms with Crippen molar-refractivity contribution >= 4 is 11.9 Å². The Labute approximate surface area is 179 Å². The molecule has 0 bridgehead atoms. The van der Waals surface area contributed by atoms with E-state index in [4.69, 9.17) is 10.5 Å². The summed E-state index contributed by atoms with van der Waals surface area (Å²) in [5, 5.41) is 35.7. The highest BCUT2D eigenvalue weighted by molar-refractivity contribution is 5.93. The van der Waals surface area contributed by atoms with E-state index in [0.717, 1.165) is 12.5 Å². The Morgan fingerprint density at radius 2 is 1.06 bits per heavy atom. The van der Waals surface area contributed by atoms with Gasteiger partial charge in [0.1, 0.15) is 11.5 Å². The van der Waals surface area contributed by atoms with Gasteiger partial charge in [0, 0.05) is 0 Å². The summed E-state index contributed by atoms with van der Waals surface area (Å²) in [5.74, 6) is -5.83. The summed E-state index contributed by atoms with van der Waals surface area (Å²) in [5.41, 5.74) is -12.0. The normalized spacial score (nSPS) is 11.8. The summed E-state index contributed by atoms with van der Waals surface area (Å²) in [7, 11) is 0. The molecule has 33 heavy (non-hydrogen) atoms. The predicted octanol–water partition coefficient (Wildman–Crippen LogP) is 4.21. The van der Waals surface area contributed by atoms with Crippen LogP contribution < -0.4 is 9.47 Å². The van der Waals surface area contributed by atoms with Crippen molar-refractivity contribution in [3.8, 4) is 24.0 Å². The predicted molar refractivity (Wildman–Crippen MR) is 92.2 cm³/mol. The Bertz CT molecular complexity index is 1100. The molecule has 0 aliphatic rings. The average Bonchev–Trinajstić information content (AvgIpc) is 2.68. The van der Waals surface area contributed by atoms with Gasteiger partial charge in [-0.2, -0.15) is 26.3 Å². The van der Waals surface area contributed by atoms with Gasteiger partial charge in [-0.05, 0) is 35.4 Å². The highest BCUT2D eigenvalue weighted by Gasteiger charge is 2.74. The molecule has 0 fully saturated rings. The molecule has 0 amide bonds. The maximum Gasteiger partial charge on any atom is 0.411 e. The van der Waals surface area contributed by atoms with Crippen molar-refractivity contribution in [2.75, 3.05) is 0 Å². The van der Waals surface area contributed by atoms with Gasteiger partial charge in [0.2, 0.25) is 5.41 Å². The third-order valence-corrected chi connectivity index (χ3v) is 4.43. The Morgan fingerprint density at radius 3 is 1.30 bits per heavy atom. The zero-order valence-electron chi connectivity index (χ0n) is 15.7. The number of hydrogen-bond acceptors (Lipinski definition) is 6. The zero-order chi connectivity index (χ0) is 25.2. The molecule has 0 saturated carbocycles. The summed E-state index contributed by atoms with van der Waals surface area (Å²) in [6, 6.07) is 1.77. The van der Waals surface area contributed by atoms with Gasteiger partial charge in [-0.25, -0.2) is 9.59 Å². The summed E-state index contributed by atoms with van der Waals surface area (Å²) in [4.78, 5) is 23.2. The van der Waals surface area contributed by atoms with E-state index in [2.05, 4.69) is 9.47 Å². The molecule has 0 radical (unpaired) electrons. The SMILES string of the molecule is N#COc1ccc(C(c2ccc(OC#N)cc2C(=O)O)(C(F)(F)F)C(F)(F)F)c(C(=O)O)c1. The van der Waals surface area contributed by atoms with Gasteiger partial charge in [0.05, 0.1) is 11.1 Å². The molecule has 0 unspecified atom stereocenters. The molecule has 2 N–H and O–H groups in total. The molecule has 0 heterocycles. The monoisotopic (exact) mass is 474 g/mol. The lowest BCUT2D eigenvalue weighted by molar-refractivity contribution is -0.288. The van der Waals surface area contributed by atoms with Gasteiger partial charge >= 0.3 is 24.3 Å². The lowest BCUT2D eigenvalue weighted by Gasteiger charge is -2.39. The lowest BCUT2D eigenvalue weighted by atomic mass is 9.69. The van der Waals surface area contributed by atoms with Crippen molar-refractivity contribution in [3.63, 3.8) is 0 Å². The number of benzene rings is 2. The number of aromatic carboxylic acids is 2. The van der Waals surface area contributed by atoms with Crippen LogP contribution in [0.15, 0.2) is 36.4 Å². The van der Waals surface area contributed by atoms with E-state index in [1.165, 1.54) is 0 Å². The Hall–Kier alpha value is -4.46. The van der Waals surface area contributed by atoms with E-state index in [1.807, 2.05) is 0 Å². The van der Waals surface area contributed by atoms with Crippen molar-refractivity contribution in [1.82, 2.24) is 0 Å². The summed E-state index contributed by atoms with van der Waals surface area (Å²) in [6.07, 6.45) is -10.5. The number of nitrogens with zero attached hydrogens (tertiary/aromatic N) is 2. The van der Waals surface area contributed by atoms with E-state index < -0.39 is 63.5 Å². The molecule has 2 aromatic rings. The van der Waals surface area contributed by atoms with Crippen LogP contribution in [0.2, 0.25) is 0 Å². The lowest BCUT2D eigenvalue weighted by Crippen LogP contribution is -2.56. The van der Waals surface area contributed by atoms with Gasteiger partial charge in [-0.15, -0.1) is 10.5 Å². The first-order chi connectivity index (χ1) is 15.2. The summed E-state index contributed by atoms with van der Waals surface area (Å²) >= 11 is 0. The molecule has 2 rings (SSSR count). The Kier molecular flexibility index (Phi) is 6.45. The Balaban J connectivity index is 3.15. The van der Waals surface area contributed by atoms with Crippen LogP contribution in [0.25, 0.3) is 0 Å². The van der Waals surface area contributed by atoms with Crippen molar-refractivity contribution < 1.29 is 55.6 Å². The smallest absolute Gasteiger partial charge is 0.411 e. The molecule has 0 aliphatic heterocycles. The molecule has 0 saturated heterocycles. The molecular formula is C19H8F6N2O6. The second-order valence-corrected chi connectivity index (χ2v) is 6.16. The second-order valence-electron chi connectivity index (χ2n) is 6.16. The van der Waals surface area contributed by atoms with E-state index >= 15 is 0 Å². The van der Waals surface area contributed by atoms with E-state index in [-0.39, 0.29) is 24.3 Å². The summed E-state index contributed by atoms with van der Waals surface area (Å²) < 4.78 is 94.7. The third-order valence-electron chi connectivity index (χ3n) is 4.43. The molecule has 172 valence electrons. The number of halogens is 6. The van der Waals surface area contributed by atoms with Gasteiger partial charge < -0.3 is 19.7 Å². The molecule has 14 heteroatoms. The number of rotatable bonds is 6. The maximum atomic E-state index is 14.4. The first kappa shape index (κ1) is 24.8. The standard InChI is InChI=1S/C19H8F6N2O6/c20-18(21,22)17(19(23,24)25,13-3-1-9(32-7-26)5-11(13)15(28)29)14-4-2-10(33-8-27)6-12(14)16(30)31/h1-6H,(H,28,29)(H,30,31). The van der Waals surface area contributed by atoms with Gasteiger partial charge in [-0.3, -0.25) is 0 Å². The first-order valence-electron chi connectivity index (χ1n) is 8.23. The van der Waals surface area contributed by atoms with Crippen molar-refractivity contribution in [1.29, 1.82) is 10.5 Å². The van der Waals surface area contributed by atoms with Crippen molar-refractivity contribution in [2.45, 2.75) is 17.8 Å². The van der Waals surface area contributed by atoms with E-state index in [1.54, 1.807) is 0 Å². The molecule has 0 spiro atoms. The molecule has 2 aromatic carbocycles. The van der Waals surface area contributed by atoms with Crippen molar-refractivity contribution in [3.05, 3.63) is 58.7 Å². The quantitative estimate of drug-likeness (QED) is 0.469. The fourth-order valence-corrected chi connectivity index (χ4v) is 3.20. The largest absolute Gasteiger partial charge is 0.478 e. The number of ether oxygens (including phenoxy) is 2. The molecule has 0 aromatic heterocycles. The van der Waals surface area contributed by atoms with Crippen molar-refractivity contribution in [2.24, 2.45) is 0 Å². The molecule has 8 nitrogen and oxygen atoms in total. The number of hydrogen-bond donors (Lipinski definition) is 2. The van der Waals surface area contributed by atoms with Crippen LogP contribution in [0.3, 0.4) is 0 Å². The highest BCUT2D eigenvalue weighted by atomic mass is 19.4. The third kappa shape index (κ3) is 4.18. The summed E-state index contributed by atoms with van der Waals surface area (Å²) in [6.45, 7) is 0. The average molecular weight is 474 g/mol. The van der Waals surface area contributed by atoms with Crippen LogP contribution in [-0.4, -0.2) is 34.5 Å². The topological polar surface area (TPSA) is 141 Å². The van der Waals surface area contributed by atoms with Crippen LogP contribution in [0.1, 0.15) is 31.8 Å². The molecule has 0 atom stereocenters. The fraction of sp³-hybridized carbons (Fsp3) is 0.158. The van der Waals surface area contributed by atoms with Gasteiger partial charge in [0.25, 0.3) is 12.5 Å². The number of carbonyl (C=O) groups is 2. The van der Waals surface area contributed by atoms with Crippen LogP contribution in [-0.2, 0) is 5.41 Å². The van der Waals surface area contributed by atoms with Gasteiger partial charge in [0.15, 0.2) is 0 Å². The van der Waals surface area contributed by atoms with Crippen LogP contribution in [0, 0.1) is 23.0 Å². The minimum atomic E-state index is -6.32. The minimum absolute atomic E-state index is 0.127. The van der Waals surface area contributed by atoms with Crippen LogP contribution in [0.4, 0.5) is 26.3 Å². The minimum Gasteiger partial charge on any atom is -0.478 e. The molecular weight excluding hydrogens is 466 g/mol. The van der Waals surface area contributed by atoms with E-state index in [9.17, 15) is 46.1 Å². The number of carboxylic acids is 2. The highest BCUT2D eigenvalue weighted by Crippen LogP contribution is 2.58. The number of alkyl halides is 6. The van der Waals surface area contributed by atoms with Crippen LogP contribution >= 0.6 is 0 Å². The Morgan fingerprint density at radius 1 is 0.727 bits per heavy atom. The zero-order valence-corrected chi connectivity index (χ0v) is 15.7. The fourth-order valence-electron chi connectivity index (χ4n) is 3.20. The van der Waals surface area contributed by atoms with E-state index in [0.29, 0.717) is 12.1 Å². The van der Waals surface area contributed by atoms with Gasteiger partial charge in [-0.1, -0.05) is 12.1 Å². The maximum absolute atomic E-state index is 14.4. The number of carboxylic acid groups (broad SMARTS) is 2. The second kappa shape index (κ2) is 8.58. The molecule has 0 aliphatic carbocycles.